The molecular formula is C6H5F2N5. The van der Waals surface area contributed by atoms with Crippen molar-refractivity contribution < 1.29 is 8.78 Å². The fraction of sp³-hybridized carbons (Fsp3) is 0.333. The van der Waals surface area contributed by atoms with Crippen LogP contribution in [-0.4, -0.2) is 25.0 Å². The van der Waals surface area contributed by atoms with E-state index >= 15 is 0 Å². The van der Waals surface area contributed by atoms with Crippen LogP contribution in [-0.2, 0) is 0 Å². The van der Waals surface area contributed by atoms with Crippen LogP contribution in [0.5, 0.6) is 0 Å². The number of fused-ring (bicyclic) bond motifs is 1. The summed E-state index contributed by atoms with van der Waals surface area (Å²) in [5.41, 5.74) is 0.227. The van der Waals surface area contributed by atoms with Crippen LogP contribution < -0.4 is 0 Å². The second-order valence-electron chi connectivity index (χ2n) is 2.51. The minimum absolute atomic E-state index is 0.0929. The average molecular weight is 185 g/mol. The van der Waals surface area contributed by atoms with E-state index < -0.39 is 6.43 Å². The maximum atomic E-state index is 12.4. The van der Waals surface area contributed by atoms with Crippen molar-refractivity contribution in [1.29, 1.82) is 0 Å². The number of hydrogen-bond acceptors (Lipinski definition) is 4. The zero-order valence-corrected chi connectivity index (χ0v) is 6.65. The van der Waals surface area contributed by atoms with Gasteiger partial charge in [0.15, 0.2) is 0 Å². The monoisotopic (exact) mass is 185 g/mol. The first-order valence-corrected chi connectivity index (χ1v) is 3.52. The summed E-state index contributed by atoms with van der Waals surface area (Å²) < 4.78 is 25.7. The lowest BCUT2D eigenvalue weighted by Gasteiger charge is -2.01. The van der Waals surface area contributed by atoms with E-state index in [-0.39, 0.29) is 11.5 Å². The summed E-state index contributed by atoms with van der Waals surface area (Å²) in [7, 11) is 0. The third kappa shape index (κ3) is 1.21. The number of tetrazole rings is 1. The molecule has 68 valence electrons. The lowest BCUT2D eigenvalue weighted by Crippen LogP contribution is -2.02. The standard InChI is InChI=1S/C6H5F2N5/c1-3-2-4(5(7)8)13-6(9-3)10-11-12-13/h2,5H,1H3. The molecule has 0 saturated heterocycles. The third-order valence-corrected chi connectivity index (χ3v) is 1.55. The predicted octanol–water partition coefficient (Wildman–Crippen LogP) is 0.765. The van der Waals surface area contributed by atoms with Gasteiger partial charge in [0.05, 0.1) is 0 Å². The zero-order valence-electron chi connectivity index (χ0n) is 6.65. The minimum Gasteiger partial charge on any atom is -0.215 e. The highest BCUT2D eigenvalue weighted by Gasteiger charge is 2.14. The van der Waals surface area contributed by atoms with Gasteiger partial charge >= 0.3 is 0 Å². The van der Waals surface area contributed by atoms with Crippen molar-refractivity contribution in [2.24, 2.45) is 0 Å². The van der Waals surface area contributed by atoms with Crippen molar-refractivity contribution in [1.82, 2.24) is 25.0 Å². The smallest absolute Gasteiger partial charge is 0.215 e. The Labute approximate surface area is 71.4 Å². The van der Waals surface area contributed by atoms with Crippen LogP contribution in [0.3, 0.4) is 0 Å². The maximum Gasteiger partial charge on any atom is 0.280 e. The van der Waals surface area contributed by atoms with Crippen LogP contribution in [0.2, 0.25) is 0 Å². The molecule has 0 fully saturated rings. The van der Waals surface area contributed by atoms with Gasteiger partial charge in [-0.3, -0.25) is 0 Å². The Kier molecular flexibility index (Phi) is 1.64. The lowest BCUT2D eigenvalue weighted by molar-refractivity contribution is 0.142. The molecule has 0 unspecified atom stereocenters. The number of nitrogens with zero attached hydrogens (tertiary/aromatic N) is 5. The van der Waals surface area contributed by atoms with Gasteiger partial charge in [-0.25, -0.2) is 13.8 Å². The van der Waals surface area contributed by atoms with Gasteiger partial charge in [-0.2, -0.15) is 4.52 Å². The Balaban J connectivity index is 2.77. The molecular weight excluding hydrogens is 180 g/mol. The van der Waals surface area contributed by atoms with Crippen molar-refractivity contribution in [3.63, 3.8) is 0 Å². The molecule has 0 saturated carbocycles. The Hall–Kier alpha value is -1.66. The van der Waals surface area contributed by atoms with E-state index in [1.807, 2.05) is 0 Å². The van der Waals surface area contributed by atoms with Crippen LogP contribution in [0.1, 0.15) is 17.8 Å². The molecule has 5 nitrogen and oxygen atoms in total. The van der Waals surface area contributed by atoms with Crippen LogP contribution in [0, 0.1) is 6.92 Å². The average Bonchev–Trinajstić information content (AvgIpc) is 2.49. The second kappa shape index (κ2) is 2.68. The molecule has 0 aliphatic carbocycles. The molecule has 0 bridgehead atoms. The number of rotatable bonds is 1. The number of hydrogen-bond donors (Lipinski definition) is 0. The van der Waals surface area contributed by atoms with Gasteiger partial charge in [-0.05, 0) is 23.4 Å². The molecule has 0 amide bonds. The van der Waals surface area contributed by atoms with Gasteiger partial charge in [0.2, 0.25) is 0 Å². The summed E-state index contributed by atoms with van der Waals surface area (Å²) >= 11 is 0. The molecule has 0 atom stereocenters. The van der Waals surface area contributed by atoms with Crippen molar-refractivity contribution in [3.8, 4) is 0 Å². The van der Waals surface area contributed by atoms with E-state index in [1.165, 1.54) is 6.07 Å². The highest BCUT2D eigenvalue weighted by Crippen LogP contribution is 2.18. The molecule has 0 spiro atoms. The predicted molar refractivity (Wildman–Crippen MR) is 38.3 cm³/mol. The molecule has 13 heavy (non-hydrogen) atoms. The second-order valence-corrected chi connectivity index (χ2v) is 2.51. The molecule has 0 aliphatic heterocycles. The van der Waals surface area contributed by atoms with E-state index in [9.17, 15) is 8.78 Å². The first kappa shape index (κ1) is 7.96. The SMILES string of the molecule is Cc1cc(C(F)F)n2nnnc2n1. The first-order valence-electron chi connectivity index (χ1n) is 3.52. The summed E-state index contributed by atoms with van der Waals surface area (Å²) in [6, 6.07) is 1.26. The zero-order chi connectivity index (χ0) is 9.42. The number of aromatic nitrogens is 5. The Morgan fingerprint density at radius 1 is 1.46 bits per heavy atom. The van der Waals surface area contributed by atoms with Gasteiger partial charge < -0.3 is 0 Å². The molecule has 2 aromatic heterocycles. The molecule has 2 heterocycles. The Morgan fingerprint density at radius 2 is 2.23 bits per heavy atom. The van der Waals surface area contributed by atoms with Crippen molar-refractivity contribution in [2.75, 3.05) is 0 Å². The molecule has 0 aromatic carbocycles. The third-order valence-electron chi connectivity index (χ3n) is 1.55. The van der Waals surface area contributed by atoms with Crippen molar-refractivity contribution in [3.05, 3.63) is 17.5 Å². The molecule has 0 radical (unpaired) electrons. The molecule has 0 aliphatic rings. The normalized spacial score (nSPS) is 11.4. The number of aryl methyl sites for hydroxylation is 1. The molecule has 0 N–H and O–H groups in total. The summed E-state index contributed by atoms with van der Waals surface area (Å²) in [6.45, 7) is 1.61. The fourth-order valence-corrected chi connectivity index (χ4v) is 1.04. The van der Waals surface area contributed by atoms with Crippen molar-refractivity contribution in [2.45, 2.75) is 13.3 Å². The van der Waals surface area contributed by atoms with E-state index in [1.54, 1.807) is 6.92 Å². The molecule has 2 rings (SSSR count). The number of halogens is 2. The fourth-order valence-electron chi connectivity index (χ4n) is 1.04. The van der Waals surface area contributed by atoms with E-state index in [2.05, 4.69) is 20.5 Å². The minimum atomic E-state index is -2.60. The summed E-state index contributed by atoms with van der Waals surface area (Å²) in [5, 5.41) is 10.1. The van der Waals surface area contributed by atoms with E-state index in [0.29, 0.717) is 5.69 Å². The summed E-state index contributed by atoms with van der Waals surface area (Å²) in [4.78, 5) is 3.87. The molecule has 2 aromatic rings. The van der Waals surface area contributed by atoms with Gasteiger partial charge in [0.25, 0.3) is 12.2 Å². The highest BCUT2D eigenvalue weighted by molar-refractivity contribution is 5.28. The topological polar surface area (TPSA) is 56.0 Å². The highest BCUT2D eigenvalue weighted by atomic mass is 19.3. The summed E-state index contributed by atoms with van der Waals surface area (Å²) in [5.74, 6) is 0.0929. The molecule has 7 heteroatoms. The quantitative estimate of drug-likeness (QED) is 0.658. The van der Waals surface area contributed by atoms with E-state index in [0.717, 1.165) is 4.52 Å². The Bertz CT molecular complexity index is 438. The van der Waals surface area contributed by atoms with Gasteiger partial charge in [-0.1, -0.05) is 5.10 Å². The number of alkyl halides is 2. The van der Waals surface area contributed by atoms with Crippen LogP contribution in [0.4, 0.5) is 8.78 Å². The van der Waals surface area contributed by atoms with E-state index in [4.69, 9.17) is 0 Å². The summed E-state index contributed by atoms with van der Waals surface area (Å²) in [6.07, 6.45) is -2.60. The van der Waals surface area contributed by atoms with Crippen LogP contribution in [0.15, 0.2) is 6.07 Å². The first-order chi connectivity index (χ1) is 6.18. The van der Waals surface area contributed by atoms with Crippen LogP contribution in [0.25, 0.3) is 5.78 Å². The Morgan fingerprint density at radius 3 is 2.92 bits per heavy atom. The van der Waals surface area contributed by atoms with Crippen LogP contribution >= 0.6 is 0 Å². The maximum absolute atomic E-state index is 12.4. The largest absolute Gasteiger partial charge is 0.280 e. The van der Waals surface area contributed by atoms with Crippen molar-refractivity contribution >= 4 is 5.78 Å². The lowest BCUT2D eigenvalue weighted by atomic mass is 10.3. The van der Waals surface area contributed by atoms with Gasteiger partial charge in [-0.15, -0.1) is 0 Å². The van der Waals surface area contributed by atoms with Gasteiger partial charge in [0.1, 0.15) is 5.69 Å². The van der Waals surface area contributed by atoms with Gasteiger partial charge in [0, 0.05) is 5.69 Å².